The summed E-state index contributed by atoms with van der Waals surface area (Å²) in [5, 5.41) is 0. The molecule has 5 heteroatoms. The molecule has 0 radical (unpaired) electrons. The third-order valence-corrected chi connectivity index (χ3v) is 2.87. The maximum Gasteiger partial charge on any atom is 0.140 e. The molecule has 3 aromatic heterocycles. The van der Waals surface area contributed by atoms with Crippen molar-refractivity contribution in [3.8, 4) is 11.3 Å². The average molecular weight is 239 g/mol. The molecular formula is C13H13N5. The first kappa shape index (κ1) is 10.9. The first-order chi connectivity index (χ1) is 8.78. The molecule has 0 fully saturated rings. The lowest BCUT2D eigenvalue weighted by Gasteiger charge is -2.04. The van der Waals surface area contributed by atoms with Gasteiger partial charge in [-0.25, -0.2) is 9.97 Å². The topological polar surface area (TPSA) is 69.1 Å². The van der Waals surface area contributed by atoms with Gasteiger partial charge in [-0.05, 0) is 19.1 Å². The minimum atomic E-state index is 0.436. The van der Waals surface area contributed by atoms with Gasteiger partial charge in [0.05, 0.1) is 11.4 Å². The Balaban J connectivity index is 2.21. The highest BCUT2D eigenvalue weighted by Crippen LogP contribution is 2.18. The summed E-state index contributed by atoms with van der Waals surface area (Å²) in [5.74, 6) is 0.895. The van der Waals surface area contributed by atoms with E-state index in [9.17, 15) is 0 Å². The number of hydrogen-bond donors (Lipinski definition) is 1. The van der Waals surface area contributed by atoms with Gasteiger partial charge in [-0.15, -0.1) is 0 Å². The van der Waals surface area contributed by atoms with Crippen molar-refractivity contribution in [3.05, 3.63) is 48.3 Å². The van der Waals surface area contributed by atoms with Crippen LogP contribution in [0.3, 0.4) is 0 Å². The van der Waals surface area contributed by atoms with Gasteiger partial charge in [0.1, 0.15) is 11.5 Å². The number of nitrogens with zero attached hydrogens (tertiary/aromatic N) is 4. The first-order valence-electron chi connectivity index (χ1n) is 5.74. The summed E-state index contributed by atoms with van der Waals surface area (Å²) in [5.41, 5.74) is 9.28. The van der Waals surface area contributed by atoms with Crippen molar-refractivity contribution in [1.82, 2.24) is 19.4 Å². The van der Waals surface area contributed by atoms with Gasteiger partial charge < -0.3 is 5.73 Å². The molecule has 3 rings (SSSR count). The number of aryl methyl sites for hydroxylation is 1. The average Bonchev–Trinajstić information content (AvgIpc) is 2.83. The second kappa shape index (κ2) is 4.19. The summed E-state index contributed by atoms with van der Waals surface area (Å²) < 4.78 is 1.95. The summed E-state index contributed by atoms with van der Waals surface area (Å²) >= 11 is 0. The van der Waals surface area contributed by atoms with Crippen LogP contribution in [0, 0.1) is 6.92 Å². The Morgan fingerprint density at radius 1 is 1.22 bits per heavy atom. The Hall–Kier alpha value is -2.27. The van der Waals surface area contributed by atoms with Crippen molar-refractivity contribution in [2.45, 2.75) is 13.5 Å². The molecule has 0 aromatic carbocycles. The largest absolute Gasteiger partial charge is 0.325 e. The van der Waals surface area contributed by atoms with Crippen molar-refractivity contribution < 1.29 is 0 Å². The van der Waals surface area contributed by atoms with E-state index in [4.69, 9.17) is 5.73 Å². The highest BCUT2D eigenvalue weighted by molar-refractivity contribution is 5.63. The SMILES string of the molecule is Cc1nc(-c2ccncc2)cc2nc(CN)cn12. The molecular weight excluding hydrogens is 226 g/mol. The van der Waals surface area contributed by atoms with Crippen molar-refractivity contribution >= 4 is 5.65 Å². The Morgan fingerprint density at radius 2 is 2.00 bits per heavy atom. The second-order valence-electron chi connectivity index (χ2n) is 4.09. The van der Waals surface area contributed by atoms with Crippen LogP contribution in [0.2, 0.25) is 0 Å². The minimum Gasteiger partial charge on any atom is -0.325 e. The van der Waals surface area contributed by atoms with Crippen molar-refractivity contribution in [2.75, 3.05) is 0 Å². The Labute approximate surface area is 104 Å². The Bertz CT molecular complexity index is 687. The monoisotopic (exact) mass is 239 g/mol. The van der Waals surface area contributed by atoms with E-state index in [1.54, 1.807) is 12.4 Å². The van der Waals surface area contributed by atoms with Crippen LogP contribution in [-0.4, -0.2) is 19.4 Å². The fourth-order valence-corrected chi connectivity index (χ4v) is 1.96. The predicted octanol–water partition coefficient (Wildman–Crippen LogP) is 1.56. The zero-order valence-electron chi connectivity index (χ0n) is 10.0. The Morgan fingerprint density at radius 3 is 2.72 bits per heavy atom. The molecule has 0 unspecified atom stereocenters. The highest BCUT2D eigenvalue weighted by Gasteiger charge is 2.07. The number of imidazole rings is 1. The van der Waals surface area contributed by atoms with E-state index in [0.717, 1.165) is 28.4 Å². The molecule has 0 spiro atoms. The van der Waals surface area contributed by atoms with Crippen LogP contribution in [-0.2, 0) is 6.54 Å². The molecule has 5 nitrogen and oxygen atoms in total. The zero-order valence-corrected chi connectivity index (χ0v) is 10.0. The van der Waals surface area contributed by atoms with Crippen LogP contribution in [0.15, 0.2) is 36.8 Å². The molecule has 0 atom stereocenters. The molecule has 0 amide bonds. The lowest BCUT2D eigenvalue weighted by molar-refractivity contribution is 0.981. The van der Waals surface area contributed by atoms with Gasteiger partial charge in [0.25, 0.3) is 0 Å². The highest BCUT2D eigenvalue weighted by atomic mass is 15.1. The molecule has 0 bridgehead atoms. The van der Waals surface area contributed by atoms with Gasteiger partial charge in [0.15, 0.2) is 0 Å². The van der Waals surface area contributed by atoms with Crippen molar-refractivity contribution in [3.63, 3.8) is 0 Å². The van der Waals surface area contributed by atoms with E-state index >= 15 is 0 Å². The van der Waals surface area contributed by atoms with Crippen LogP contribution in [0.25, 0.3) is 16.9 Å². The second-order valence-corrected chi connectivity index (χ2v) is 4.09. The number of aromatic nitrogens is 4. The van der Waals surface area contributed by atoms with Gasteiger partial charge in [0.2, 0.25) is 0 Å². The lowest BCUT2D eigenvalue weighted by atomic mass is 10.2. The van der Waals surface area contributed by atoms with Crippen molar-refractivity contribution in [1.29, 1.82) is 0 Å². The Kier molecular flexibility index (Phi) is 2.53. The standard InChI is InChI=1S/C13H13N5/c1-9-16-12(10-2-4-15-5-3-10)6-13-17-11(7-14)8-18(9)13/h2-6,8H,7,14H2,1H3. The molecule has 0 aliphatic carbocycles. The third-order valence-electron chi connectivity index (χ3n) is 2.87. The third kappa shape index (κ3) is 1.74. The van der Waals surface area contributed by atoms with E-state index in [0.29, 0.717) is 6.54 Å². The zero-order chi connectivity index (χ0) is 12.5. The van der Waals surface area contributed by atoms with E-state index in [1.165, 1.54) is 0 Å². The number of fused-ring (bicyclic) bond motifs is 1. The van der Waals surface area contributed by atoms with Gasteiger partial charge in [-0.1, -0.05) is 0 Å². The fourth-order valence-electron chi connectivity index (χ4n) is 1.96. The van der Waals surface area contributed by atoms with Gasteiger partial charge in [-0.2, -0.15) is 0 Å². The molecule has 2 N–H and O–H groups in total. The van der Waals surface area contributed by atoms with Crippen LogP contribution >= 0.6 is 0 Å². The summed E-state index contributed by atoms with van der Waals surface area (Å²) in [7, 11) is 0. The molecule has 18 heavy (non-hydrogen) atoms. The smallest absolute Gasteiger partial charge is 0.140 e. The molecule has 0 saturated carbocycles. The van der Waals surface area contributed by atoms with E-state index < -0.39 is 0 Å². The van der Waals surface area contributed by atoms with Gasteiger partial charge in [-0.3, -0.25) is 9.38 Å². The quantitative estimate of drug-likeness (QED) is 0.736. The maximum absolute atomic E-state index is 5.61. The van der Waals surface area contributed by atoms with E-state index in [2.05, 4.69) is 15.0 Å². The molecule has 0 saturated heterocycles. The molecule has 0 aliphatic rings. The van der Waals surface area contributed by atoms with Crippen LogP contribution in [0.1, 0.15) is 11.5 Å². The summed E-state index contributed by atoms with van der Waals surface area (Å²) in [6, 6.07) is 5.83. The molecule has 0 aliphatic heterocycles. The van der Waals surface area contributed by atoms with Crippen LogP contribution in [0.4, 0.5) is 0 Å². The number of nitrogens with two attached hydrogens (primary N) is 1. The normalized spacial score (nSPS) is 11.0. The van der Waals surface area contributed by atoms with E-state index in [1.807, 2.05) is 35.7 Å². The van der Waals surface area contributed by atoms with E-state index in [-0.39, 0.29) is 0 Å². The summed E-state index contributed by atoms with van der Waals surface area (Å²) in [6.07, 6.45) is 5.44. The molecule has 3 heterocycles. The van der Waals surface area contributed by atoms with Crippen molar-refractivity contribution in [2.24, 2.45) is 5.73 Å². The summed E-state index contributed by atoms with van der Waals surface area (Å²) in [4.78, 5) is 13.0. The van der Waals surface area contributed by atoms with Crippen LogP contribution < -0.4 is 5.73 Å². The number of hydrogen-bond acceptors (Lipinski definition) is 4. The maximum atomic E-state index is 5.61. The number of rotatable bonds is 2. The van der Waals surface area contributed by atoms with Gasteiger partial charge in [0, 0.05) is 36.8 Å². The summed E-state index contributed by atoms with van der Waals surface area (Å²) in [6.45, 7) is 2.39. The first-order valence-corrected chi connectivity index (χ1v) is 5.74. The number of pyridine rings is 1. The molecule has 3 aromatic rings. The fraction of sp³-hybridized carbons (Fsp3) is 0.154. The minimum absolute atomic E-state index is 0.436. The molecule has 90 valence electrons. The van der Waals surface area contributed by atoms with Crippen LogP contribution in [0.5, 0.6) is 0 Å². The lowest BCUT2D eigenvalue weighted by Crippen LogP contribution is -1.96. The predicted molar refractivity (Wildman–Crippen MR) is 68.8 cm³/mol. The van der Waals surface area contributed by atoms with Gasteiger partial charge >= 0.3 is 0 Å².